The van der Waals surface area contributed by atoms with Gasteiger partial charge < -0.3 is 15.4 Å². The fourth-order valence-corrected chi connectivity index (χ4v) is 4.07. The lowest BCUT2D eigenvalue weighted by atomic mass is 9.98. The van der Waals surface area contributed by atoms with Crippen LogP contribution in [-0.4, -0.2) is 22.6 Å². The molecule has 1 aromatic carbocycles. The van der Waals surface area contributed by atoms with E-state index in [1.807, 2.05) is 6.08 Å². The standard InChI is InChI=1S/C21H23FN2O2/c22-13-8-9-19-16(11-13)17(21(26)24-19)12-20-15(6-4-10-25)14-5-2-1-3-7-18(14)23-20/h8-9,11-12,23,25H,1-7,10H2,(H,24,26)/b17-12-. The van der Waals surface area contributed by atoms with Crippen LogP contribution in [0.5, 0.6) is 0 Å². The molecule has 1 aliphatic carbocycles. The Hall–Kier alpha value is -2.40. The third kappa shape index (κ3) is 3.07. The third-order valence-electron chi connectivity index (χ3n) is 5.33. The van der Waals surface area contributed by atoms with Crippen LogP contribution in [0.25, 0.3) is 11.6 Å². The number of carbonyl (C=O) groups is 1. The zero-order valence-corrected chi connectivity index (χ0v) is 14.7. The summed E-state index contributed by atoms with van der Waals surface area (Å²) in [6.45, 7) is 0.143. The summed E-state index contributed by atoms with van der Waals surface area (Å²) in [7, 11) is 0. The zero-order chi connectivity index (χ0) is 18.1. The number of nitrogens with one attached hydrogen (secondary N) is 2. The summed E-state index contributed by atoms with van der Waals surface area (Å²) in [4.78, 5) is 15.9. The molecule has 4 rings (SSSR count). The monoisotopic (exact) mass is 354 g/mol. The third-order valence-corrected chi connectivity index (χ3v) is 5.33. The molecule has 0 saturated heterocycles. The topological polar surface area (TPSA) is 65.1 Å². The molecule has 3 N–H and O–H groups in total. The minimum atomic E-state index is -0.353. The van der Waals surface area contributed by atoms with Crippen molar-refractivity contribution in [3.63, 3.8) is 0 Å². The number of benzene rings is 1. The van der Waals surface area contributed by atoms with Gasteiger partial charge in [0.05, 0.1) is 5.57 Å². The van der Waals surface area contributed by atoms with Crippen LogP contribution in [0.1, 0.15) is 53.8 Å². The molecule has 0 fully saturated rings. The lowest BCUT2D eigenvalue weighted by Gasteiger charge is -2.05. The Morgan fingerprint density at radius 2 is 2.04 bits per heavy atom. The number of amides is 1. The summed E-state index contributed by atoms with van der Waals surface area (Å²) in [5.74, 6) is -0.558. The number of H-pyrrole nitrogens is 1. The molecule has 0 saturated carbocycles. The van der Waals surface area contributed by atoms with Crippen LogP contribution in [-0.2, 0) is 24.1 Å². The van der Waals surface area contributed by atoms with Gasteiger partial charge in [0.2, 0.25) is 0 Å². The lowest BCUT2D eigenvalue weighted by molar-refractivity contribution is -0.110. The van der Waals surface area contributed by atoms with Gasteiger partial charge in [-0.3, -0.25) is 4.79 Å². The molecule has 2 heterocycles. The molecule has 0 unspecified atom stereocenters. The minimum Gasteiger partial charge on any atom is -0.396 e. The highest BCUT2D eigenvalue weighted by atomic mass is 19.1. The Morgan fingerprint density at radius 3 is 2.88 bits per heavy atom. The van der Waals surface area contributed by atoms with Gasteiger partial charge in [0.1, 0.15) is 5.82 Å². The quantitative estimate of drug-likeness (QED) is 0.577. The van der Waals surface area contributed by atoms with Crippen molar-refractivity contribution in [2.75, 3.05) is 11.9 Å². The van der Waals surface area contributed by atoms with Crippen LogP contribution >= 0.6 is 0 Å². The number of aromatic nitrogens is 1. The second kappa shape index (κ2) is 7.08. The van der Waals surface area contributed by atoms with Crippen LogP contribution in [0.15, 0.2) is 18.2 Å². The van der Waals surface area contributed by atoms with Gasteiger partial charge in [0.25, 0.3) is 5.91 Å². The normalized spacial score (nSPS) is 17.8. The van der Waals surface area contributed by atoms with Gasteiger partial charge in [0, 0.05) is 29.2 Å². The molecule has 2 aromatic rings. The number of anilines is 1. The highest BCUT2D eigenvalue weighted by Gasteiger charge is 2.26. The summed E-state index contributed by atoms with van der Waals surface area (Å²) >= 11 is 0. The van der Waals surface area contributed by atoms with E-state index in [0.29, 0.717) is 23.2 Å². The smallest absolute Gasteiger partial charge is 0.256 e. The average molecular weight is 354 g/mol. The van der Waals surface area contributed by atoms with Crippen molar-refractivity contribution in [3.05, 3.63) is 52.1 Å². The van der Waals surface area contributed by atoms with Crippen LogP contribution in [0.3, 0.4) is 0 Å². The Bertz CT molecular complexity index is 882. The van der Waals surface area contributed by atoms with Crippen LogP contribution < -0.4 is 5.32 Å². The van der Waals surface area contributed by atoms with E-state index in [-0.39, 0.29) is 18.3 Å². The summed E-state index contributed by atoms with van der Waals surface area (Å²) in [6.07, 6.45) is 8.93. The summed E-state index contributed by atoms with van der Waals surface area (Å²) < 4.78 is 13.7. The van der Waals surface area contributed by atoms with E-state index in [0.717, 1.165) is 31.4 Å². The Labute approximate surface area is 152 Å². The van der Waals surface area contributed by atoms with Gasteiger partial charge in [-0.25, -0.2) is 4.39 Å². The van der Waals surface area contributed by atoms with Crippen molar-refractivity contribution in [1.29, 1.82) is 0 Å². The number of halogens is 1. The maximum atomic E-state index is 13.7. The molecular formula is C21H23FN2O2. The minimum absolute atomic E-state index is 0.143. The molecule has 0 spiro atoms. The van der Waals surface area contributed by atoms with Gasteiger partial charge in [-0.2, -0.15) is 0 Å². The van der Waals surface area contributed by atoms with Gasteiger partial charge >= 0.3 is 0 Å². The van der Waals surface area contributed by atoms with Crippen molar-refractivity contribution >= 4 is 23.2 Å². The molecule has 0 atom stereocenters. The maximum Gasteiger partial charge on any atom is 0.256 e. The van der Waals surface area contributed by atoms with Crippen molar-refractivity contribution in [3.8, 4) is 0 Å². The number of aliphatic hydroxyl groups is 1. The first-order valence-electron chi connectivity index (χ1n) is 9.34. The number of carbonyl (C=O) groups excluding carboxylic acids is 1. The second-order valence-electron chi connectivity index (χ2n) is 7.06. The number of fused-ring (bicyclic) bond motifs is 2. The number of aryl methyl sites for hydroxylation is 1. The molecule has 1 aromatic heterocycles. The SMILES string of the molecule is O=C1Nc2ccc(F)cc2/C1=C/c1[nH]c2c(c1CCCO)CCCCC2. The van der Waals surface area contributed by atoms with E-state index in [1.165, 1.54) is 41.8 Å². The molecule has 1 aliphatic heterocycles. The zero-order valence-electron chi connectivity index (χ0n) is 14.7. The van der Waals surface area contributed by atoms with E-state index in [4.69, 9.17) is 0 Å². The molecule has 4 nitrogen and oxygen atoms in total. The molecule has 0 radical (unpaired) electrons. The predicted molar refractivity (Wildman–Crippen MR) is 100 cm³/mol. The Balaban J connectivity index is 1.80. The van der Waals surface area contributed by atoms with E-state index in [9.17, 15) is 14.3 Å². The molecular weight excluding hydrogens is 331 g/mol. The number of rotatable bonds is 4. The van der Waals surface area contributed by atoms with Gasteiger partial charge in [-0.15, -0.1) is 0 Å². The lowest BCUT2D eigenvalue weighted by Crippen LogP contribution is -2.04. The van der Waals surface area contributed by atoms with Gasteiger partial charge in [-0.1, -0.05) is 6.42 Å². The van der Waals surface area contributed by atoms with Gasteiger partial charge in [-0.05, 0) is 73.9 Å². The van der Waals surface area contributed by atoms with Crippen molar-refractivity contribution in [1.82, 2.24) is 4.98 Å². The van der Waals surface area contributed by atoms with E-state index in [1.54, 1.807) is 6.07 Å². The highest BCUT2D eigenvalue weighted by molar-refractivity contribution is 6.34. The molecule has 0 bridgehead atoms. The van der Waals surface area contributed by atoms with Crippen molar-refractivity contribution in [2.24, 2.45) is 0 Å². The van der Waals surface area contributed by atoms with Crippen molar-refractivity contribution in [2.45, 2.75) is 44.9 Å². The number of aliphatic hydroxyl groups excluding tert-OH is 1. The molecule has 2 aliphatic rings. The summed E-state index contributed by atoms with van der Waals surface area (Å²) in [5, 5.41) is 12.1. The first kappa shape index (κ1) is 17.0. The van der Waals surface area contributed by atoms with E-state index >= 15 is 0 Å². The van der Waals surface area contributed by atoms with Crippen molar-refractivity contribution < 1.29 is 14.3 Å². The average Bonchev–Trinajstić information content (AvgIpc) is 2.99. The first-order chi connectivity index (χ1) is 12.7. The highest BCUT2D eigenvalue weighted by Crippen LogP contribution is 2.35. The largest absolute Gasteiger partial charge is 0.396 e. The molecule has 136 valence electrons. The summed E-state index contributed by atoms with van der Waals surface area (Å²) in [5.41, 5.74) is 6.45. The van der Waals surface area contributed by atoms with Crippen LogP contribution in [0.4, 0.5) is 10.1 Å². The second-order valence-corrected chi connectivity index (χ2v) is 7.06. The van der Waals surface area contributed by atoms with Crippen LogP contribution in [0, 0.1) is 5.82 Å². The fourth-order valence-electron chi connectivity index (χ4n) is 4.07. The maximum absolute atomic E-state index is 13.7. The predicted octanol–water partition coefficient (Wildman–Crippen LogP) is 3.84. The van der Waals surface area contributed by atoms with E-state index in [2.05, 4.69) is 10.3 Å². The van der Waals surface area contributed by atoms with E-state index < -0.39 is 0 Å². The first-order valence-corrected chi connectivity index (χ1v) is 9.34. The number of hydrogen-bond acceptors (Lipinski definition) is 2. The van der Waals surface area contributed by atoms with Gasteiger partial charge in [0.15, 0.2) is 0 Å². The summed E-state index contributed by atoms with van der Waals surface area (Å²) in [6, 6.07) is 4.35. The molecule has 5 heteroatoms. The Kier molecular flexibility index (Phi) is 4.64. The molecule has 26 heavy (non-hydrogen) atoms. The Morgan fingerprint density at radius 1 is 1.19 bits per heavy atom. The molecule has 1 amide bonds. The fraction of sp³-hybridized carbons (Fsp3) is 0.381. The van der Waals surface area contributed by atoms with Crippen LogP contribution in [0.2, 0.25) is 0 Å². The number of aromatic amines is 1. The number of hydrogen-bond donors (Lipinski definition) is 3.